The molecular weight excluding hydrogens is 174 g/mol. The number of carbonyl (C=O) groups is 1. The third-order valence-corrected chi connectivity index (χ3v) is 2.98. The molecule has 2 nitrogen and oxygen atoms in total. The molecule has 12 heavy (non-hydrogen) atoms. The minimum atomic E-state index is 0. The molecule has 1 atom stereocenters. The van der Waals surface area contributed by atoms with Crippen molar-refractivity contribution in [3.63, 3.8) is 0 Å². The van der Waals surface area contributed by atoms with Crippen LogP contribution in [0, 0.1) is 5.92 Å². The molecule has 0 bridgehead atoms. The van der Waals surface area contributed by atoms with Gasteiger partial charge in [-0.25, -0.2) is 0 Å². The molecule has 1 saturated carbocycles. The lowest BCUT2D eigenvalue weighted by Gasteiger charge is -2.34. The fourth-order valence-corrected chi connectivity index (χ4v) is 2.06. The molecule has 0 aromatic carbocycles. The molecular formula is C9H16ClNO. The predicted molar refractivity (Wildman–Crippen MR) is 50.6 cm³/mol. The normalized spacial score (nSPS) is 35.9. The summed E-state index contributed by atoms with van der Waals surface area (Å²) in [5, 5.41) is 3.47. The van der Waals surface area contributed by atoms with Gasteiger partial charge in [0.2, 0.25) is 0 Å². The minimum Gasteiger partial charge on any atom is -0.310 e. The zero-order valence-corrected chi connectivity index (χ0v) is 8.25. The topological polar surface area (TPSA) is 29.1 Å². The van der Waals surface area contributed by atoms with Gasteiger partial charge in [0.1, 0.15) is 5.78 Å². The largest absolute Gasteiger partial charge is 0.310 e. The van der Waals surface area contributed by atoms with Gasteiger partial charge in [-0.2, -0.15) is 0 Å². The maximum Gasteiger partial charge on any atom is 0.136 e. The Kier molecular flexibility index (Phi) is 2.79. The molecule has 2 aliphatic rings. The lowest BCUT2D eigenvalue weighted by molar-refractivity contribution is -0.122. The van der Waals surface area contributed by atoms with Crippen molar-refractivity contribution in [2.75, 3.05) is 6.54 Å². The number of nitrogens with one attached hydrogen (secondary N) is 1. The average molecular weight is 190 g/mol. The second kappa shape index (κ2) is 3.35. The van der Waals surface area contributed by atoms with Crippen LogP contribution in [0.3, 0.4) is 0 Å². The lowest BCUT2D eigenvalue weighted by Crippen LogP contribution is -2.50. The Balaban J connectivity index is 0.000000720. The van der Waals surface area contributed by atoms with E-state index in [1.807, 2.05) is 0 Å². The van der Waals surface area contributed by atoms with E-state index >= 15 is 0 Å². The number of carbonyl (C=O) groups excluding carboxylic acids is 1. The molecule has 1 aliphatic heterocycles. The van der Waals surface area contributed by atoms with Crippen molar-refractivity contribution < 1.29 is 4.79 Å². The van der Waals surface area contributed by atoms with E-state index < -0.39 is 0 Å². The van der Waals surface area contributed by atoms with Gasteiger partial charge < -0.3 is 5.32 Å². The Morgan fingerprint density at radius 3 is 2.67 bits per heavy atom. The number of rotatable bonds is 1. The van der Waals surface area contributed by atoms with Crippen LogP contribution in [0.25, 0.3) is 0 Å². The quantitative estimate of drug-likeness (QED) is 0.678. The highest BCUT2D eigenvalue weighted by Gasteiger charge is 2.43. The molecule has 70 valence electrons. The Bertz CT molecular complexity index is 191. The molecule has 1 heterocycles. The van der Waals surface area contributed by atoms with Crippen molar-refractivity contribution in [2.24, 2.45) is 5.92 Å². The van der Waals surface area contributed by atoms with E-state index in [9.17, 15) is 4.79 Å². The van der Waals surface area contributed by atoms with Gasteiger partial charge in [0, 0.05) is 24.9 Å². The van der Waals surface area contributed by atoms with Gasteiger partial charge in [0.25, 0.3) is 0 Å². The number of ketones is 1. The first-order valence-electron chi connectivity index (χ1n) is 4.47. The predicted octanol–water partition coefficient (Wildman–Crippen LogP) is 1.53. The van der Waals surface area contributed by atoms with Gasteiger partial charge >= 0.3 is 0 Å². The summed E-state index contributed by atoms with van der Waals surface area (Å²) in [7, 11) is 0. The van der Waals surface area contributed by atoms with Crippen LogP contribution in [-0.4, -0.2) is 17.9 Å². The summed E-state index contributed by atoms with van der Waals surface area (Å²) < 4.78 is 0. The van der Waals surface area contributed by atoms with Gasteiger partial charge in [-0.05, 0) is 25.7 Å². The Hall–Kier alpha value is -0.0800. The summed E-state index contributed by atoms with van der Waals surface area (Å²) in [5.74, 6) is 1.23. The van der Waals surface area contributed by atoms with E-state index in [4.69, 9.17) is 0 Å². The SMILES string of the molecule is CC1(C2CC2)CC(=O)CCN1.Cl. The van der Waals surface area contributed by atoms with E-state index in [1.165, 1.54) is 12.8 Å². The summed E-state index contributed by atoms with van der Waals surface area (Å²) in [6.45, 7) is 3.09. The monoisotopic (exact) mass is 189 g/mol. The van der Waals surface area contributed by atoms with Crippen LogP contribution >= 0.6 is 12.4 Å². The number of hydrogen-bond donors (Lipinski definition) is 1. The van der Waals surface area contributed by atoms with Gasteiger partial charge in [-0.15, -0.1) is 12.4 Å². The van der Waals surface area contributed by atoms with E-state index in [0.29, 0.717) is 5.78 Å². The van der Waals surface area contributed by atoms with Gasteiger partial charge in [-0.1, -0.05) is 0 Å². The molecule has 2 fully saturated rings. The van der Waals surface area contributed by atoms with Crippen molar-refractivity contribution >= 4 is 18.2 Å². The second-order valence-electron chi connectivity index (χ2n) is 4.08. The third-order valence-electron chi connectivity index (χ3n) is 2.98. The van der Waals surface area contributed by atoms with Gasteiger partial charge in [-0.3, -0.25) is 4.79 Å². The van der Waals surface area contributed by atoms with Crippen molar-refractivity contribution in [1.29, 1.82) is 0 Å². The fourth-order valence-electron chi connectivity index (χ4n) is 2.06. The maximum atomic E-state index is 11.2. The summed E-state index contributed by atoms with van der Waals surface area (Å²) in [4.78, 5) is 11.2. The van der Waals surface area contributed by atoms with Gasteiger partial charge in [0.15, 0.2) is 0 Å². The first-order valence-corrected chi connectivity index (χ1v) is 4.47. The van der Waals surface area contributed by atoms with Crippen LogP contribution < -0.4 is 5.32 Å². The van der Waals surface area contributed by atoms with Crippen LogP contribution in [0.2, 0.25) is 0 Å². The summed E-state index contributed by atoms with van der Waals surface area (Å²) in [6.07, 6.45) is 4.13. The zero-order valence-electron chi connectivity index (χ0n) is 7.43. The van der Waals surface area contributed by atoms with E-state index in [1.54, 1.807) is 0 Å². The molecule has 2 rings (SSSR count). The van der Waals surface area contributed by atoms with Crippen LogP contribution in [0.1, 0.15) is 32.6 Å². The molecule has 1 unspecified atom stereocenters. The van der Waals surface area contributed by atoms with Crippen LogP contribution in [0.15, 0.2) is 0 Å². The highest BCUT2D eigenvalue weighted by Crippen LogP contribution is 2.42. The van der Waals surface area contributed by atoms with Crippen molar-refractivity contribution in [3.8, 4) is 0 Å². The minimum absolute atomic E-state index is 0. The van der Waals surface area contributed by atoms with E-state index in [-0.39, 0.29) is 17.9 Å². The maximum absolute atomic E-state index is 11.2. The van der Waals surface area contributed by atoms with Gasteiger partial charge in [0.05, 0.1) is 0 Å². The van der Waals surface area contributed by atoms with Crippen molar-refractivity contribution in [3.05, 3.63) is 0 Å². The second-order valence-corrected chi connectivity index (χ2v) is 4.08. The van der Waals surface area contributed by atoms with Crippen molar-refractivity contribution in [2.45, 2.75) is 38.1 Å². The molecule has 0 spiro atoms. The standard InChI is InChI=1S/C9H15NO.ClH/c1-9(7-2-3-7)6-8(11)4-5-10-9;/h7,10H,2-6H2,1H3;1H. The first-order chi connectivity index (χ1) is 5.21. The molecule has 0 amide bonds. The molecule has 1 saturated heterocycles. The number of piperidine rings is 1. The Morgan fingerprint density at radius 2 is 2.17 bits per heavy atom. The van der Waals surface area contributed by atoms with Crippen molar-refractivity contribution in [1.82, 2.24) is 5.32 Å². The average Bonchev–Trinajstić information content (AvgIpc) is 2.66. The number of Topliss-reactive ketones (excluding diaryl/α,β-unsaturated/α-hetero) is 1. The lowest BCUT2D eigenvalue weighted by atomic mass is 9.86. The first kappa shape index (κ1) is 10.0. The summed E-state index contributed by atoms with van der Waals surface area (Å²) in [5.41, 5.74) is 0.162. The van der Waals surface area contributed by atoms with Crippen LogP contribution in [0.5, 0.6) is 0 Å². The summed E-state index contributed by atoms with van der Waals surface area (Å²) >= 11 is 0. The molecule has 0 aromatic heterocycles. The molecule has 1 aliphatic carbocycles. The smallest absolute Gasteiger partial charge is 0.136 e. The zero-order chi connectivity index (χ0) is 7.90. The van der Waals surface area contributed by atoms with Crippen LogP contribution in [-0.2, 0) is 4.79 Å². The molecule has 3 heteroatoms. The highest BCUT2D eigenvalue weighted by molar-refractivity contribution is 5.85. The van der Waals surface area contributed by atoms with Crippen LogP contribution in [0.4, 0.5) is 0 Å². The number of halogens is 1. The molecule has 0 radical (unpaired) electrons. The third kappa shape index (κ3) is 1.80. The van der Waals surface area contributed by atoms with E-state index in [0.717, 1.165) is 25.3 Å². The number of hydrogen-bond acceptors (Lipinski definition) is 2. The molecule has 0 aromatic rings. The molecule has 1 N–H and O–H groups in total. The Labute approximate surface area is 79.5 Å². The van der Waals surface area contributed by atoms with E-state index in [2.05, 4.69) is 12.2 Å². The summed E-state index contributed by atoms with van der Waals surface area (Å²) in [6, 6.07) is 0. The highest BCUT2D eigenvalue weighted by atomic mass is 35.5. The Morgan fingerprint density at radius 1 is 1.50 bits per heavy atom. The fraction of sp³-hybridized carbons (Fsp3) is 0.889.